The van der Waals surface area contributed by atoms with E-state index in [-0.39, 0.29) is 5.91 Å². The number of hydrogen-bond acceptors (Lipinski definition) is 5. The minimum absolute atomic E-state index is 0.318. The molecule has 0 radical (unpaired) electrons. The molecule has 0 aromatic heterocycles. The molecule has 1 aliphatic rings. The molecule has 2 N–H and O–H groups in total. The number of para-hydroxylation sites is 1. The maximum absolute atomic E-state index is 12.3. The minimum atomic E-state index is -1.57. The van der Waals surface area contributed by atoms with E-state index in [1.807, 2.05) is 6.07 Å². The number of halogens is 1. The van der Waals surface area contributed by atoms with Gasteiger partial charge in [-0.1, -0.05) is 34.1 Å². The highest BCUT2D eigenvalue weighted by molar-refractivity contribution is 9.10. The third-order valence-corrected chi connectivity index (χ3v) is 4.25. The van der Waals surface area contributed by atoms with Gasteiger partial charge in [-0.15, -0.1) is 0 Å². The molecule has 1 aromatic carbocycles. The molecule has 6 nitrogen and oxygen atoms in total. The summed E-state index contributed by atoms with van der Waals surface area (Å²) in [4.78, 5) is 23.3. The van der Waals surface area contributed by atoms with Crippen molar-refractivity contribution in [3.63, 3.8) is 0 Å². The minimum Gasteiger partial charge on any atom is -0.467 e. The van der Waals surface area contributed by atoms with Gasteiger partial charge in [-0.2, -0.15) is 5.01 Å². The molecule has 2 unspecified atom stereocenters. The lowest BCUT2D eigenvalue weighted by atomic mass is 10.1. The largest absolute Gasteiger partial charge is 0.467 e. The molecule has 1 fully saturated rings. The summed E-state index contributed by atoms with van der Waals surface area (Å²) >= 11 is 3.19. The van der Waals surface area contributed by atoms with E-state index in [0.29, 0.717) is 5.69 Å². The summed E-state index contributed by atoms with van der Waals surface area (Å²) in [5.74, 6) is -0.995. The van der Waals surface area contributed by atoms with E-state index >= 15 is 0 Å². The van der Waals surface area contributed by atoms with E-state index in [0.717, 1.165) is 0 Å². The number of hydrogen-bond donors (Lipinski definition) is 1. The van der Waals surface area contributed by atoms with Crippen molar-refractivity contribution in [2.24, 2.45) is 5.73 Å². The van der Waals surface area contributed by atoms with E-state index in [9.17, 15) is 9.59 Å². The first kappa shape index (κ1) is 14.0. The molecule has 1 heterocycles. The van der Waals surface area contributed by atoms with Gasteiger partial charge in [0.15, 0.2) is 0 Å². The van der Waals surface area contributed by atoms with E-state index < -0.39 is 16.5 Å². The standard InChI is InChI=1S/C12H14BrN3O3/c1-15-12(14,11(18)19-2)9(13)10(17)16(15)8-6-4-3-5-7-8/h3-7,9H,14H2,1-2H3. The number of carbonyl (C=O) groups excluding carboxylic acids is 2. The van der Waals surface area contributed by atoms with Crippen LogP contribution >= 0.6 is 15.9 Å². The van der Waals surface area contributed by atoms with Crippen LogP contribution in [0.5, 0.6) is 0 Å². The lowest BCUT2D eigenvalue weighted by molar-refractivity contribution is -0.152. The number of nitrogens with zero attached hydrogens (tertiary/aromatic N) is 2. The average molecular weight is 328 g/mol. The molecular formula is C12H14BrN3O3. The fraction of sp³-hybridized carbons (Fsp3) is 0.333. The first-order valence-corrected chi connectivity index (χ1v) is 6.50. The fourth-order valence-corrected chi connectivity index (χ4v) is 2.72. The van der Waals surface area contributed by atoms with Crippen molar-refractivity contribution in [1.29, 1.82) is 0 Å². The first-order chi connectivity index (χ1) is 8.94. The Morgan fingerprint density at radius 1 is 1.42 bits per heavy atom. The number of alkyl halides is 1. The molecule has 1 aliphatic heterocycles. The summed E-state index contributed by atoms with van der Waals surface area (Å²) < 4.78 is 4.70. The van der Waals surface area contributed by atoms with E-state index in [1.54, 1.807) is 31.3 Å². The van der Waals surface area contributed by atoms with Crippen molar-refractivity contribution in [2.45, 2.75) is 10.5 Å². The van der Waals surface area contributed by atoms with Crippen LogP contribution in [0.15, 0.2) is 30.3 Å². The highest BCUT2D eigenvalue weighted by Gasteiger charge is 2.59. The maximum atomic E-state index is 12.3. The van der Waals surface area contributed by atoms with E-state index in [1.165, 1.54) is 17.1 Å². The Kier molecular flexibility index (Phi) is 3.62. The Labute approximate surface area is 119 Å². The van der Waals surface area contributed by atoms with Crippen LogP contribution in [0.2, 0.25) is 0 Å². The second-order valence-corrected chi connectivity index (χ2v) is 5.10. The second-order valence-electron chi connectivity index (χ2n) is 4.19. The molecule has 1 saturated heterocycles. The van der Waals surface area contributed by atoms with Gasteiger partial charge in [0.2, 0.25) is 5.66 Å². The fourth-order valence-electron chi connectivity index (χ4n) is 2.04. The van der Waals surface area contributed by atoms with Crippen molar-refractivity contribution in [1.82, 2.24) is 5.01 Å². The van der Waals surface area contributed by atoms with Crippen LogP contribution in [0, 0.1) is 0 Å². The Morgan fingerprint density at radius 2 is 2.00 bits per heavy atom. The summed E-state index contributed by atoms with van der Waals surface area (Å²) in [6.45, 7) is 0. The Morgan fingerprint density at radius 3 is 2.53 bits per heavy atom. The number of nitrogens with two attached hydrogens (primary N) is 1. The summed E-state index contributed by atoms with van der Waals surface area (Å²) in [5.41, 5.74) is 5.13. The molecule has 0 bridgehead atoms. The number of esters is 1. The van der Waals surface area contributed by atoms with Crippen molar-refractivity contribution >= 4 is 33.5 Å². The lowest BCUT2D eigenvalue weighted by Crippen LogP contribution is -2.63. The lowest BCUT2D eigenvalue weighted by Gasteiger charge is -2.33. The van der Waals surface area contributed by atoms with Crippen LogP contribution in [0.3, 0.4) is 0 Å². The summed E-state index contributed by atoms with van der Waals surface area (Å²) in [7, 11) is 2.81. The molecule has 102 valence electrons. The number of likely N-dealkylation sites (N-methyl/N-ethyl adjacent to an activating group) is 1. The summed E-state index contributed by atoms with van der Waals surface area (Å²) in [5, 5.41) is 2.74. The van der Waals surface area contributed by atoms with E-state index in [4.69, 9.17) is 10.5 Å². The molecule has 1 aromatic rings. The molecule has 0 saturated carbocycles. The van der Waals surface area contributed by atoms with Crippen molar-refractivity contribution < 1.29 is 14.3 Å². The highest BCUT2D eigenvalue weighted by atomic mass is 79.9. The Bertz CT molecular complexity index is 510. The Hall–Kier alpha value is -1.44. The normalized spacial score (nSPS) is 27.7. The highest BCUT2D eigenvalue weighted by Crippen LogP contribution is 2.34. The van der Waals surface area contributed by atoms with Crippen LogP contribution in [0.25, 0.3) is 0 Å². The quantitative estimate of drug-likeness (QED) is 0.631. The predicted octanol–water partition coefficient (Wildman–Crippen LogP) is 0.471. The van der Waals surface area contributed by atoms with Crippen LogP contribution in [0.1, 0.15) is 0 Å². The van der Waals surface area contributed by atoms with Crippen LogP contribution in [0.4, 0.5) is 5.69 Å². The number of methoxy groups -OCH3 is 1. The van der Waals surface area contributed by atoms with Gasteiger partial charge in [-0.05, 0) is 12.1 Å². The van der Waals surface area contributed by atoms with Gasteiger partial charge >= 0.3 is 5.97 Å². The molecular weight excluding hydrogens is 314 g/mol. The van der Waals surface area contributed by atoms with Gasteiger partial charge in [-0.3, -0.25) is 4.79 Å². The summed E-state index contributed by atoms with van der Waals surface area (Å²) in [6, 6.07) is 8.96. The molecule has 2 rings (SSSR count). The number of hydrazine groups is 1. The summed E-state index contributed by atoms with van der Waals surface area (Å²) in [6.07, 6.45) is 0. The third kappa shape index (κ3) is 1.94. The third-order valence-electron chi connectivity index (χ3n) is 3.16. The number of carbonyl (C=O) groups is 2. The number of rotatable bonds is 2. The maximum Gasteiger partial charge on any atom is 0.344 e. The van der Waals surface area contributed by atoms with Gasteiger partial charge in [0.25, 0.3) is 5.91 Å². The second kappa shape index (κ2) is 4.92. The van der Waals surface area contributed by atoms with Gasteiger partial charge in [0.05, 0.1) is 12.8 Å². The zero-order chi connectivity index (χ0) is 14.2. The van der Waals surface area contributed by atoms with Crippen LogP contribution in [-0.2, 0) is 14.3 Å². The van der Waals surface area contributed by atoms with E-state index in [2.05, 4.69) is 15.9 Å². The Balaban J connectivity index is 2.45. The molecule has 1 amide bonds. The monoisotopic (exact) mass is 327 g/mol. The van der Waals surface area contributed by atoms with Crippen molar-refractivity contribution in [3.8, 4) is 0 Å². The van der Waals surface area contributed by atoms with Gasteiger partial charge in [-0.25, -0.2) is 9.80 Å². The zero-order valence-corrected chi connectivity index (χ0v) is 12.1. The molecule has 0 aliphatic carbocycles. The van der Waals surface area contributed by atoms with Gasteiger partial charge in [0, 0.05) is 7.05 Å². The number of amides is 1. The average Bonchev–Trinajstić information content (AvgIpc) is 2.61. The predicted molar refractivity (Wildman–Crippen MR) is 73.3 cm³/mol. The van der Waals surface area contributed by atoms with Crippen molar-refractivity contribution in [2.75, 3.05) is 19.2 Å². The molecule has 19 heavy (non-hydrogen) atoms. The smallest absolute Gasteiger partial charge is 0.344 e. The number of anilines is 1. The van der Waals surface area contributed by atoms with Crippen molar-refractivity contribution in [3.05, 3.63) is 30.3 Å². The SMILES string of the molecule is COC(=O)C1(N)C(Br)C(=O)N(c2ccccc2)N1C. The molecule has 2 atom stereocenters. The molecule has 0 spiro atoms. The number of benzene rings is 1. The first-order valence-electron chi connectivity index (χ1n) is 5.58. The molecule has 7 heteroatoms. The van der Waals surface area contributed by atoms with Crippen LogP contribution in [-0.4, -0.2) is 41.5 Å². The van der Waals surface area contributed by atoms with Gasteiger partial charge < -0.3 is 10.5 Å². The van der Waals surface area contributed by atoms with Gasteiger partial charge in [0.1, 0.15) is 4.83 Å². The van der Waals surface area contributed by atoms with Crippen LogP contribution < -0.4 is 10.7 Å². The topological polar surface area (TPSA) is 75.9 Å². The number of ether oxygens (including phenoxy) is 1. The zero-order valence-electron chi connectivity index (χ0n) is 10.5.